The van der Waals surface area contributed by atoms with E-state index in [1.165, 1.54) is 12.1 Å². The second-order valence-electron chi connectivity index (χ2n) is 10.7. The number of urea groups is 1. The number of carbonyl (C=O) groups is 1. The van der Waals surface area contributed by atoms with Crippen LogP contribution in [0.25, 0.3) is 11.3 Å². The maximum Gasteiger partial charge on any atom is 0.320 e. The molecular weight excluding hydrogens is 535 g/mol. The molecule has 5 rings (SSSR count). The van der Waals surface area contributed by atoms with E-state index in [0.717, 1.165) is 47.3 Å². The maximum absolute atomic E-state index is 14.0. The Hall–Kier alpha value is -3.86. The molecule has 2 amide bonds. The van der Waals surface area contributed by atoms with Gasteiger partial charge in [0.25, 0.3) is 0 Å². The number of anilines is 1. The van der Waals surface area contributed by atoms with Gasteiger partial charge in [0.05, 0.1) is 24.0 Å². The van der Waals surface area contributed by atoms with Crippen LogP contribution in [0.1, 0.15) is 49.1 Å². The van der Waals surface area contributed by atoms with E-state index in [-0.39, 0.29) is 23.8 Å². The average molecular weight is 575 g/mol. The summed E-state index contributed by atoms with van der Waals surface area (Å²) in [6.07, 6.45) is 6.90. The van der Waals surface area contributed by atoms with Gasteiger partial charge in [0.15, 0.2) is 0 Å². The molecule has 0 bridgehead atoms. The van der Waals surface area contributed by atoms with Gasteiger partial charge in [-0.2, -0.15) is 10.2 Å². The van der Waals surface area contributed by atoms with Gasteiger partial charge in [-0.25, -0.2) is 13.9 Å². The van der Waals surface area contributed by atoms with Crippen LogP contribution in [0.3, 0.4) is 0 Å². The lowest BCUT2D eigenvalue weighted by Crippen LogP contribution is -2.36. The summed E-state index contributed by atoms with van der Waals surface area (Å²) < 4.78 is 21.0. The number of hydrogen-bond acceptors (Lipinski definition) is 6. The average Bonchev–Trinajstić information content (AvgIpc) is 3.72. The summed E-state index contributed by atoms with van der Waals surface area (Å²) in [5.74, 6) is 0.173. The highest BCUT2D eigenvalue weighted by atomic mass is 19.1. The summed E-state index contributed by atoms with van der Waals surface area (Å²) in [5, 5.41) is 12.8. The van der Waals surface area contributed by atoms with Gasteiger partial charge in [-0.1, -0.05) is 50.1 Å². The summed E-state index contributed by atoms with van der Waals surface area (Å²) in [6, 6.07) is 15.9. The summed E-state index contributed by atoms with van der Waals surface area (Å²) >= 11 is 0. The largest absolute Gasteiger partial charge is 0.383 e. The van der Waals surface area contributed by atoms with Gasteiger partial charge < -0.3 is 10.1 Å². The summed E-state index contributed by atoms with van der Waals surface area (Å²) in [7, 11) is 1.64. The second kappa shape index (κ2) is 13.9. The van der Waals surface area contributed by atoms with Crippen LogP contribution < -0.4 is 10.6 Å². The molecule has 1 saturated heterocycles. The molecule has 3 heterocycles. The van der Waals surface area contributed by atoms with E-state index in [4.69, 9.17) is 14.7 Å². The predicted octanol–water partition coefficient (Wildman–Crippen LogP) is 5.72. The van der Waals surface area contributed by atoms with E-state index in [9.17, 15) is 9.18 Å². The number of ether oxygens (including phenoxy) is 1. The number of methoxy groups -OCH3 is 1. The van der Waals surface area contributed by atoms with E-state index in [1.807, 2.05) is 54.6 Å². The number of allylic oxidation sites excluding steroid dienone is 1. The topological polar surface area (TPSA) is 93.0 Å². The number of nitrogens with one attached hydrogen (secondary N) is 2. The first kappa shape index (κ1) is 29.6. The van der Waals surface area contributed by atoms with Crippen molar-refractivity contribution in [2.75, 3.05) is 38.7 Å². The quantitative estimate of drug-likeness (QED) is 0.289. The van der Waals surface area contributed by atoms with Crippen molar-refractivity contribution in [3.05, 3.63) is 83.3 Å². The van der Waals surface area contributed by atoms with Gasteiger partial charge in [-0.3, -0.25) is 15.1 Å². The Morgan fingerprint density at radius 2 is 2.02 bits per heavy atom. The molecule has 2 aliphatic heterocycles. The van der Waals surface area contributed by atoms with Crippen LogP contribution in [-0.4, -0.2) is 66.5 Å². The van der Waals surface area contributed by atoms with Crippen LogP contribution >= 0.6 is 0 Å². The molecule has 3 atom stereocenters. The van der Waals surface area contributed by atoms with E-state index >= 15 is 0 Å². The Kier molecular flexibility index (Phi) is 9.78. The molecule has 2 aliphatic rings. The van der Waals surface area contributed by atoms with Gasteiger partial charge in [0.1, 0.15) is 17.7 Å². The molecule has 9 nitrogen and oxygen atoms in total. The van der Waals surface area contributed by atoms with E-state index in [0.29, 0.717) is 32.1 Å². The van der Waals surface area contributed by atoms with Crippen molar-refractivity contribution in [1.29, 1.82) is 0 Å². The molecule has 3 aromatic rings. The number of nitrogens with zero attached hydrogens (tertiary/aromatic N) is 4. The molecule has 1 fully saturated rings. The number of carbonyl (C=O) groups excluding carboxylic acids is 1. The monoisotopic (exact) mass is 574 g/mol. The first-order valence-electron chi connectivity index (χ1n) is 14.6. The zero-order valence-corrected chi connectivity index (χ0v) is 24.4. The van der Waals surface area contributed by atoms with Crippen molar-refractivity contribution in [3.63, 3.8) is 0 Å². The van der Waals surface area contributed by atoms with Gasteiger partial charge in [-0.05, 0) is 49.2 Å². The SMILES string of the molecule is CCCCC1C=C(c2nn(-c3ccccc3)c(NC(=O)NC[C@@H]3CN(CCOC)O[C@H]3c3cccc(F)c3)c2C)C=N1. The van der Waals surface area contributed by atoms with Crippen molar-refractivity contribution in [2.24, 2.45) is 10.9 Å². The fourth-order valence-electron chi connectivity index (χ4n) is 5.40. The molecule has 222 valence electrons. The zero-order valence-electron chi connectivity index (χ0n) is 24.4. The summed E-state index contributed by atoms with van der Waals surface area (Å²) in [4.78, 5) is 24.1. The fourth-order valence-corrected chi connectivity index (χ4v) is 5.40. The van der Waals surface area contributed by atoms with Crippen LogP contribution in [0.4, 0.5) is 15.0 Å². The molecule has 1 unspecified atom stereocenters. The first-order valence-corrected chi connectivity index (χ1v) is 14.6. The van der Waals surface area contributed by atoms with Crippen LogP contribution in [-0.2, 0) is 9.57 Å². The number of amides is 2. The van der Waals surface area contributed by atoms with Crippen molar-refractivity contribution in [2.45, 2.75) is 45.3 Å². The third-order valence-corrected chi connectivity index (χ3v) is 7.63. The third-order valence-electron chi connectivity index (χ3n) is 7.63. The number of hydrogen-bond donors (Lipinski definition) is 2. The van der Waals surface area contributed by atoms with Gasteiger partial charge >= 0.3 is 6.03 Å². The zero-order chi connectivity index (χ0) is 29.5. The maximum atomic E-state index is 14.0. The number of aromatic nitrogens is 2. The molecule has 42 heavy (non-hydrogen) atoms. The van der Waals surface area contributed by atoms with E-state index in [1.54, 1.807) is 17.9 Å². The lowest BCUT2D eigenvalue weighted by Gasteiger charge is -2.19. The van der Waals surface area contributed by atoms with Gasteiger partial charge in [0.2, 0.25) is 0 Å². The standard InChI is InChI=1S/C32H39FN6O3/c1-4-5-12-27-18-24(19-34-27)29-22(2)31(39(37-29)28-13-7-6-8-14-28)36-32(40)35-20-25-21-38(15-16-41-3)42-30(25)23-10-9-11-26(33)17-23/h6-11,13-14,17-19,25,27,30H,4-5,12,15-16,20-21H2,1-3H3,(H2,35,36,40)/t25-,27?,30+/m1/s1. The minimum Gasteiger partial charge on any atom is -0.383 e. The Morgan fingerprint density at radius 1 is 1.19 bits per heavy atom. The molecule has 0 spiro atoms. The van der Waals surface area contributed by atoms with Crippen molar-refractivity contribution in [1.82, 2.24) is 20.2 Å². The highest BCUT2D eigenvalue weighted by molar-refractivity contribution is 6.12. The lowest BCUT2D eigenvalue weighted by molar-refractivity contribution is -0.155. The normalized spacial score (nSPS) is 20.2. The summed E-state index contributed by atoms with van der Waals surface area (Å²) in [5.41, 5.74) is 4.18. The highest BCUT2D eigenvalue weighted by Gasteiger charge is 2.35. The molecule has 10 heteroatoms. The number of unbranched alkanes of at least 4 members (excludes halogenated alkanes) is 1. The fraction of sp³-hybridized carbons (Fsp3) is 0.406. The lowest BCUT2D eigenvalue weighted by atomic mass is 9.96. The molecule has 2 N–H and O–H groups in total. The minimum absolute atomic E-state index is 0.0926. The second-order valence-corrected chi connectivity index (χ2v) is 10.7. The number of halogens is 1. The number of para-hydroxylation sites is 1. The number of aliphatic imine (C=N–C) groups is 1. The smallest absolute Gasteiger partial charge is 0.320 e. The molecule has 1 aromatic heterocycles. The molecular formula is C32H39FN6O3. The number of rotatable bonds is 12. The van der Waals surface area contributed by atoms with Crippen LogP contribution in [0.15, 0.2) is 65.7 Å². The van der Waals surface area contributed by atoms with E-state index < -0.39 is 6.10 Å². The highest BCUT2D eigenvalue weighted by Crippen LogP contribution is 2.34. The predicted molar refractivity (Wildman–Crippen MR) is 162 cm³/mol. The summed E-state index contributed by atoms with van der Waals surface area (Å²) in [6.45, 7) is 6.12. The van der Waals surface area contributed by atoms with Crippen LogP contribution in [0.2, 0.25) is 0 Å². The Labute approximate surface area is 246 Å². The van der Waals surface area contributed by atoms with Crippen molar-refractivity contribution < 1.29 is 18.8 Å². The van der Waals surface area contributed by atoms with Gasteiger partial charge in [-0.15, -0.1) is 0 Å². The third kappa shape index (κ3) is 6.95. The molecule has 0 aliphatic carbocycles. The molecule has 0 radical (unpaired) electrons. The van der Waals surface area contributed by atoms with Crippen LogP contribution in [0.5, 0.6) is 0 Å². The van der Waals surface area contributed by atoms with Crippen LogP contribution in [0, 0.1) is 18.7 Å². The van der Waals surface area contributed by atoms with Gasteiger partial charge in [0, 0.05) is 50.0 Å². The number of benzene rings is 2. The Bertz CT molecular complexity index is 1420. The van der Waals surface area contributed by atoms with Crippen molar-refractivity contribution >= 4 is 23.6 Å². The minimum atomic E-state index is -0.393. The molecule has 0 saturated carbocycles. The van der Waals surface area contributed by atoms with Crippen molar-refractivity contribution in [3.8, 4) is 5.69 Å². The first-order chi connectivity index (χ1) is 20.5. The van der Waals surface area contributed by atoms with E-state index in [2.05, 4.69) is 28.6 Å². The Morgan fingerprint density at radius 3 is 2.79 bits per heavy atom. The molecule has 2 aromatic carbocycles. The number of hydroxylamine groups is 2. The Balaban J connectivity index is 1.33.